The van der Waals surface area contributed by atoms with Gasteiger partial charge in [-0.3, -0.25) is 9.10 Å². The summed E-state index contributed by atoms with van der Waals surface area (Å²) in [5.41, 5.74) is 0.246. The van der Waals surface area contributed by atoms with Gasteiger partial charge in [0.25, 0.3) is 0 Å². The van der Waals surface area contributed by atoms with Crippen LogP contribution in [0.3, 0.4) is 0 Å². The van der Waals surface area contributed by atoms with Gasteiger partial charge in [0, 0.05) is 9.50 Å². The molecule has 2 aromatic rings. The van der Waals surface area contributed by atoms with Crippen LogP contribution in [-0.4, -0.2) is 26.6 Å². The normalized spacial score (nSPS) is 12.5. The lowest BCUT2D eigenvalue weighted by Crippen LogP contribution is -2.45. The molecule has 1 amide bonds. The molecule has 0 heterocycles. The first-order chi connectivity index (χ1) is 11.6. The highest BCUT2D eigenvalue weighted by atomic mass is 79.9. The van der Waals surface area contributed by atoms with Gasteiger partial charge in [0.05, 0.1) is 17.6 Å². The van der Waals surface area contributed by atoms with E-state index in [1.807, 2.05) is 0 Å². The van der Waals surface area contributed by atoms with Gasteiger partial charge in [0.1, 0.15) is 11.9 Å². The Morgan fingerprint density at radius 1 is 1.24 bits per heavy atom. The predicted octanol–water partition coefficient (Wildman–Crippen LogP) is 4.03. The lowest BCUT2D eigenvalue weighted by Gasteiger charge is -2.28. The molecular weight excluding hydrogens is 435 g/mol. The molecule has 0 radical (unpaired) electrons. The Morgan fingerprint density at radius 3 is 2.36 bits per heavy atom. The number of carbonyl (C=O) groups excluding carboxylic acids is 1. The molecule has 25 heavy (non-hydrogen) atoms. The van der Waals surface area contributed by atoms with Crippen molar-refractivity contribution in [1.29, 1.82) is 0 Å². The highest BCUT2D eigenvalue weighted by Crippen LogP contribution is 2.24. The Hall–Kier alpha value is -1.64. The molecule has 0 saturated heterocycles. The Morgan fingerprint density at radius 2 is 1.84 bits per heavy atom. The van der Waals surface area contributed by atoms with Crippen LogP contribution in [0.4, 0.5) is 15.8 Å². The number of halogens is 3. The molecule has 0 fully saturated rings. The quantitative estimate of drug-likeness (QED) is 0.749. The van der Waals surface area contributed by atoms with Gasteiger partial charge in [0.2, 0.25) is 15.9 Å². The summed E-state index contributed by atoms with van der Waals surface area (Å²) in [6.45, 7) is 1.42. The second-order valence-electron chi connectivity index (χ2n) is 5.32. The van der Waals surface area contributed by atoms with Crippen molar-refractivity contribution < 1.29 is 17.6 Å². The van der Waals surface area contributed by atoms with Crippen LogP contribution in [0, 0.1) is 5.82 Å². The van der Waals surface area contributed by atoms with E-state index in [0.717, 1.165) is 10.6 Å². The third-order valence-electron chi connectivity index (χ3n) is 3.36. The van der Waals surface area contributed by atoms with Crippen LogP contribution >= 0.6 is 27.5 Å². The molecule has 1 N–H and O–H groups in total. The van der Waals surface area contributed by atoms with E-state index in [9.17, 15) is 17.6 Å². The number of hydrogen-bond donors (Lipinski definition) is 1. The van der Waals surface area contributed by atoms with E-state index in [2.05, 4.69) is 21.2 Å². The van der Waals surface area contributed by atoms with Crippen LogP contribution in [0.25, 0.3) is 0 Å². The summed E-state index contributed by atoms with van der Waals surface area (Å²) in [5, 5.41) is 2.84. The minimum Gasteiger partial charge on any atom is -0.322 e. The first-order valence-corrected chi connectivity index (χ1v) is 10.1. The molecule has 0 aromatic heterocycles. The molecule has 0 aliphatic heterocycles. The molecule has 0 unspecified atom stereocenters. The smallest absolute Gasteiger partial charge is 0.248 e. The standard InChI is InChI=1S/C16H15BrClFN2O3S/c1-10(16(22)20-15-8-3-11(17)9-14(15)19)21(25(2,23)24)13-6-4-12(18)5-7-13/h3-10H,1-2H3,(H,20,22)/t10-/m0/s1. The van der Waals surface area contributed by atoms with E-state index < -0.39 is 27.8 Å². The van der Waals surface area contributed by atoms with Crippen molar-refractivity contribution in [1.82, 2.24) is 0 Å². The topological polar surface area (TPSA) is 66.5 Å². The van der Waals surface area contributed by atoms with E-state index in [1.54, 1.807) is 6.07 Å². The van der Waals surface area contributed by atoms with Gasteiger partial charge < -0.3 is 5.32 Å². The number of amides is 1. The van der Waals surface area contributed by atoms with E-state index in [-0.39, 0.29) is 11.4 Å². The third-order valence-corrected chi connectivity index (χ3v) is 5.35. The van der Waals surface area contributed by atoms with Crippen molar-refractivity contribution in [3.05, 3.63) is 57.8 Å². The molecule has 2 rings (SSSR count). The average Bonchev–Trinajstić information content (AvgIpc) is 2.50. The first kappa shape index (κ1) is 19.7. The zero-order chi connectivity index (χ0) is 18.8. The highest BCUT2D eigenvalue weighted by Gasteiger charge is 2.29. The number of rotatable bonds is 5. The third kappa shape index (κ3) is 4.93. The second-order valence-corrected chi connectivity index (χ2v) is 8.54. The predicted molar refractivity (Wildman–Crippen MR) is 101 cm³/mol. The van der Waals surface area contributed by atoms with Gasteiger partial charge in [-0.05, 0) is 49.4 Å². The molecule has 2 aromatic carbocycles. The fourth-order valence-corrected chi connectivity index (χ4v) is 3.86. The SMILES string of the molecule is C[C@@H](C(=O)Nc1ccc(Br)cc1F)N(c1ccc(Cl)cc1)S(C)(=O)=O. The fraction of sp³-hybridized carbons (Fsp3) is 0.188. The lowest BCUT2D eigenvalue weighted by atomic mass is 10.2. The zero-order valence-corrected chi connectivity index (χ0v) is 16.5. The van der Waals surface area contributed by atoms with E-state index in [0.29, 0.717) is 9.50 Å². The van der Waals surface area contributed by atoms with Gasteiger partial charge in [-0.1, -0.05) is 27.5 Å². The number of nitrogens with one attached hydrogen (secondary N) is 1. The fourth-order valence-electron chi connectivity index (χ4n) is 2.22. The maximum absolute atomic E-state index is 13.9. The molecule has 0 bridgehead atoms. The van der Waals surface area contributed by atoms with E-state index in [4.69, 9.17) is 11.6 Å². The summed E-state index contributed by atoms with van der Waals surface area (Å²) in [5.74, 6) is -1.30. The summed E-state index contributed by atoms with van der Waals surface area (Å²) < 4.78 is 39.7. The summed E-state index contributed by atoms with van der Waals surface area (Å²) >= 11 is 8.94. The molecule has 0 spiro atoms. The van der Waals surface area contributed by atoms with Crippen molar-refractivity contribution in [2.24, 2.45) is 0 Å². The number of hydrogen-bond acceptors (Lipinski definition) is 3. The lowest BCUT2D eigenvalue weighted by molar-refractivity contribution is -0.116. The number of sulfonamides is 1. The van der Waals surface area contributed by atoms with Crippen LogP contribution in [0.15, 0.2) is 46.9 Å². The zero-order valence-electron chi connectivity index (χ0n) is 13.3. The summed E-state index contributed by atoms with van der Waals surface area (Å²) in [4.78, 5) is 12.5. The Balaban J connectivity index is 2.31. The molecule has 5 nitrogen and oxygen atoms in total. The molecular formula is C16H15BrClFN2O3S. The first-order valence-electron chi connectivity index (χ1n) is 7.10. The summed E-state index contributed by atoms with van der Waals surface area (Å²) in [7, 11) is -3.76. The van der Waals surface area contributed by atoms with Crippen LogP contribution in [-0.2, 0) is 14.8 Å². The monoisotopic (exact) mass is 448 g/mol. The average molecular weight is 450 g/mol. The van der Waals surface area contributed by atoms with Gasteiger partial charge in [-0.25, -0.2) is 12.8 Å². The maximum atomic E-state index is 13.9. The van der Waals surface area contributed by atoms with Gasteiger partial charge in [-0.2, -0.15) is 0 Å². The molecule has 0 aliphatic carbocycles. The molecule has 1 atom stereocenters. The van der Waals surface area contributed by atoms with Crippen molar-refractivity contribution >= 4 is 54.8 Å². The number of nitrogens with zero attached hydrogens (tertiary/aromatic N) is 1. The van der Waals surface area contributed by atoms with Crippen molar-refractivity contribution in [2.75, 3.05) is 15.9 Å². The minimum atomic E-state index is -3.76. The maximum Gasteiger partial charge on any atom is 0.248 e. The Kier molecular flexibility index (Phi) is 6.08. The summed E-state index contributed by atoms with van der Waals surface area (Å²) in [6.07, 6.45) is 0.992. The molecule has 0 saturated carbocycles. The van der Waals surface area contributed by atoms with Crippen LogP contribution in [0.1, 0.15) is 6.92 Å². The van der Waals surface area contributed by atoms with E-state index in [1.165, 1.54) is 43.3 Å². The number of carbonyl (C=O) groups is 1. The Labute approximate surface area is 159 Å². The van der Waals surface area contributed by atoms with Crippen LogP contribution in [0.5, 0.6) is 0 Å². The molecule has 0 aliphatic rings. The Bertz CT molecular complexity index is 891. The van der Waals surface area contributed by atoms with Crippen molar-refractivity contribution in [2.45, 2.75) is 13.0 Å². The number of benzene rings is 2. The molecule has 134 valence electrons. The van der Waals surface area contributed by atoms with Crippen molar-refractivity contribution in [3.63, 3.8) is 0 Å². The van der Waals surface area contributed by atoms with Crippen LogP contribution in [0.2, 0.25) is 5.02 Å². The number of anilines is 2. The summed E-state index contributed by atoms with van der Waals surface area (Å²) in [6, 6.07) is 9.09. The van der Waals surface area contributed by atoms with Gasteiger partial charge >= 0.3 is 0 Å². The molecule has 9 heteroatoms. The van der Waals surface area contributed by atoms with Gasteiger partial charge in [0.15, 0.2) is 0 Å². The highest BCUT2D eigenvalue weighted by molar-refractivity contribution is 9.10. The minimum absolute atomic E-state index is 0.0374. The van der Waals surface area contributed by atoms with E-state index >= 15 is 0 Å². The van der Waals surface area contributed by atoms with Crippen LogP contribution < -0.4 is 9.62 Å². The second kappa shape index (κ2) is 7.72. The largest absolute Gasteiger partial charge is 0.322 e. The van der Waals surface area contributed by atoms with Gasteiger partial charge in [-0.15, -0.1) is 0 Å². The van der Waals surface area contributed by atoms with Crippen molar-refractivity contribution in [3.8, 4) is 0 Å².